The molecule has 0 amide bonds. The average molecular weight is 420 g/mol. The maximum atomic E-state index is 13.6. The summed E-state index contributed by atoms with van der Waals surface area (Å²) in [4.78, 5) is 2.60. The lowest BCUT2D eigenvalue weighted by atomic mass is 9.75. The Kier molecular flexibility index (Phi) is 4.52. The minimum atomic E-state index is -3.70. The first-order chi connectivity index (χ1) is 13.8. The molecule has 4 fully saturated rings. The van der Waals surface area contributed by atoms with Crippen molar-refractivity contribution in [2.45, 2.75) is 43.0 Å². The zero-order chi connectivity index (χ0) is 20.3. The first-order valence-electron chi connectivity index (χ1n) is 10.4. The van der Waals surface area contributed by atoms with Crippen LogP contribution in [0, 0.1) is 28.0 Å². The molecule has 1 aliphatic carbocycles. The summed E-state index contributed by atoms with van der Waals surface area (Å²) in [6.07, 6.45) is 5.27. The highest BCUT2D eigenvalue weighted by Crippen LogP contribution is 2.51. The Bertz CT molecular complexity index is 954. The molecule has 1 atom stereocenters. The summed E-state index contributed by atoms with van der Waals surface area (Å²) in [5, 5.41) is 9.00. The van der Waals surface area contributed by atoms with E-state index in [-0.39, 0.29) is 15.9 Å². The number of hydrogen-bond donors (Lipinski definition) is 0. The number of benzene rings is 1. The number of hydrogen-bond acceptors (Lipinski definition) is 5. The van der Waals surface area contributed by atoms with E-state index in [9.17, 15) is 12.8 Å². The summed E-state index contributed by atoms with van der Waals surface area (Å²) in [7, 11) is -3.70. The number of likely N-dealkylation sites (tertiary alicyclic amines) is 1. The quantitative estimate of drug-likeness (QED) is 0.752. The predicted molar refractivity (Wildman–Crippen MR) is 104 cm³/mol. The number of halogens is 1. The molecule has 4 aliphatic rings. The summed E-state index contributed by atoms with van der Waals surface area (Å²) in [6.45, 7) is 5.11. The van der Waals surface area contributed by atoms with Crippen LogP contribution in [0.2, 0.25) is 0 Å². The van der Waals surface area contributed by atoms with E-state index in [0.717, 1.165) is 57.7 Å². The maximum Gasteiger partial charge on any atom is 0.243 e. The lowest BCUT2D eigenvalue weighted by Crippen LogP contribution is -2.67. The van der Waals surface area contributed by atoms with Crippen LogP contribution >= 0.6 is 0 Å². The van der Waals surface area contributed by atoms with Crippen molar-refractivity contribution in [1.82, 2.24) is 9.21 Å². The van der Waals surface area contributed by atoms with E-state index < -0.39 is 15.8 Å². The lowest BCUT2D eigenvalue weighted by molar-refractivity contribution is -0.198. The van der Waals surface area contributed by atoms with Gasteiger partial charge in [-0.15, -0.1) is 0 Å². The zero-order valence-electron chi connectivity index (χ0n) is 16.4. The molecule has 6 nitrogen and oxygen atoms in total. The molecule has 3 saturated heterocycles. The molecule has 0 aromatic heterocycles. The fraction of sp³-hybridized carbons (Fsp3) is 0.667. The Balaban J connectivity index is 1.22. The normalized spacial score (nSPS) is 28.8. The number of sulfonamides is 1. The van der Waals surface area contributed by atoms with Crippen LogP contribution in [-0.4, -0.2) is 63.1 Å². The van der Waals surface area contributed by atoms with E-state index in [4.69, 9.17) is 10.00 Å². The zero-order valence-corrected chi connectivity index (χ0v) is 17.3. The van der Waals surface area contributed by atoms with Crippen LogP contribution in [0.25, 0.3) is 0 Å². The van der Waals surface area contributed by atoms with Crippen molar-refractivity contribution in [3.63, 3.8) is 0 Å². The fourth-order valence-corrected chi connectivity index (χ4v) is 7.16. The minimum absolute atomic E-state index is 0.00398. The molecule has 2 spiro atoms. The van der Waals surface area contributed by atoms with Gasteiger partial charge in [-0.25, -0.2) is 12.8 Å². The van der Waals surface area contributed by atoms with Gasteiger partial charge in [-0.2, -0.15) is 9.57 Å². The fourth-order valence-electron chi connectivity index (χ4n) is 5.69. The summed E-state index contributed by atoms with van der Waals surface area (Å²) in [5.74, 6) is -0.692. The second kappa shape index (κ2) is 6.74. The molecular weight excluding hydrogens is 393 g/mol. The summed E-state index contributed by atoms with van der Waals surface area (Å²) < 4.78 is 46.4. The van der Waals surface area contributed by atoms with Gasteiger partial charge in [0.15, 0.2) is 0 Å². The highest BCUT2D eigenvalue weighted by Gasteiger charge is 2.53. The van der Waals surface area contributed by atoms with Crippen molar-refractivity contribution in [2.24, 2.45) is 10.8 Å². The van der Waals surface area contributed by atoms with E-state index in [0.29, 0.717) is 24.5 Å². The van der Waals surface area contributed by atoms with Crippen LogP contribution in [0.3, 0.4) is 0 Å². The van der Waals surface area contributed by atoms with Crippen molar-refractivity contribution < 1.29 is 17.5 Å². The molecule has 8 heteroatoms. The van der Waals surface area contributed by atoms with Gasteiger partial charge in [0.1, 0.15) is 11.9 Å². The van der Waals surface area contributed by atoms with Gasteiger partial charge in [0.2, 0.25) is 10.0 Å². The van der Waals surface area contributed by atoms with Gasteiger partial charge in [0.05, 0.1) is 23.7 Å². The van der Waals surface area contributed by atoms with E-state index in [2.05, 4.69) is 4.90 Å². The third kappa shape index (κ3) is 3.19. The molecule has 1 aromatic rings. The second-order valence-corrected chi connectivity index (χ2v) is 11.4. The number of piperidine rings is 1. The molecule has 0 N–H and O–H groups in total. The van der Waals surface area contributed by atoms with E-state index >= 15 is 0 Å². The Morgan fingerprint density at radius 1 is 1.14 bits per heavy atom. The molecule has 5 rings (SSSR count). The Labute approximate surface area is 171 Å². The van der Waals surface area contributed by atoms with E-state index in [1.165, 1.54) is 23.2 Å². The smallest absolute Gasteiger partial charge is 0.243 e. The highest BCUT2D eigenvalue weighted by atomic mass is 32.2. The lowest BCUT2D eigenvalue weighted by Gasteiger charge is -2.57. The summed E-state index contributed by atoms with van der Waals surface area (Å²) in [6, 6.07) is 5.80. The van der Waals surface area contributed by atoms with Gasteiger partial charge in [-0.05, 0) is 55.7 Å². The third-order valence-electron chi connectivity index (χ3n) is 7.57. The van der Waals surface area contributed by atoms with Crippen LogP contribution in [0.5, 0.6) is 0 Å². The molecule has 0 radical (unpaired) electrons. The summed E-state index contributed by atoms with van der Waals surface area (Å²) >= 11 is 0. The van der Waals surface area contributed by atoms with Crippen molar-refractivity contribution in [3.8, 4) is 6.07 Å². The maximum absolute atomic E-state index is 13.6. The Morgan fingerprint density at radius 3 is 2.48 bits per heavy atom. The molecule has 3 heterocycles. The van der Waals surface area contributed by atoms with Crippen molar-refractivity contribution in [1.29, 1.82) is 5.26 Å². The average Bonchev–Trinajstić information content (AvgIpc) is 3.03. The van der Waals surface area contributed by atoms with Gasteiger partial charge >= 0.3 is 0 Å². The number of nitrogens with zero attached hydrogens (tertiary/aromatic N) is 3. The minimum Gasteiger partial charge on any atom is -0.380 e. The Morgan fingerprint density at radius 2 is 1.86 bits per heavy atom. The van der Waals surface area contributed by atoms with Crippen LogP contribution in [0.1, 0.15) is 37.7 Å². The van der Waals surface area contributed by atoms with Gasteiger partial charge in [0, 0.05) is 37.6 Å². The number of ether oxygens (including phenoxy) is 1. The van der Waals surface area contributed by atoms with Gasteiger partial charge in [-0.1, -0.05) is 0 Å². The van der Waals surface area contributed by atoms with Crippen LogP contribution in [-0.2, 0) is 14.8 Å². The largest absolute Gasteiger partial charge is 0.380 e. The van der Waals surface area contributed by atoms with Crippen LogP contribution in [0.4, 0.5) is 4.39 Å². The molecule has 156 valence electrons. The second-order valence-electron chi connectivity index (χ2n) is 9.45. The van der Waals surface area contributed by atoms with Gasteiger partial charge in [-0.3, -0.25) is 4.90 Å². The molecular formula is C21H26FN3O3S. The highest BCUT2D eigenvalue weighted by molar-refractivity contribution is 7.89. The molecule has 3 aliphatic heterocycles. The van der Waals surface area contributed by atoms with Crippen molar-refractivity contribution >= 4 is 10.0 Å². The van der Waals surface area contributed by atoms with Crippen molar-refractivity contribution in [2.75, 3.05) is 39.4 Å². The van der Waals surface area contributed by atoms with E-state index in [1.54, 1.807) is 6.07 Å². The van der Waals surface area contributed by atoms with Crippen LogP contribution in [0.15, 0.2) is 23.1 Å². The monoisotopic (exact) mass is 419 g/mol. The number of nitriles is 1. The first-order valence-corrected chi connectivity index (χ1v) is 11.8. The molecule has 29 heavy (non-hydrogen) atoms. The molecule has 1 saturated carbocycles. The standard InChI is InChI=1S/C21H26FN3O3S/c22-19-2-1-18(9-16(19)11-23)29(26,27)25-7-5-20(6-8-25)4-3-17(10-20)24-12-21(13-24)14-28-15-21/h1-2,9,17H,3-8,10,12-15H2. The van der Waals surface area contributed by atoms with Crippen molar-refractivity contribution in [3.05, 3.63) is 29.6 Å². The first kappa shape index (κ1) is 19.4. The van der Waals surface area contributed by atoms with Gasteiger partial charge < -0.3 is 4.74 Å². The summed E-state index contributed by atoms with van der Waals surface area (Å²) in [5.41, 5.74) is 0.447. The molecule has 0 bridgehead atoms. The Hall–Kier alpha value is -1.53. The molecule has 1 aromatic carbocycles. The molecule has 1 unspecified atom stereocenters. The third-order valence-corrected chi connectivity index (χ3v) is 9.46. The van der Waals surface area contributed by atoms with Crippen LogP contribution < -0.4 is 0 Å². The number of rotatable bonds is 3. The van der Waals surface area contributed by atoms with Gasteiger partial charge in [0.25, 0.3) is 0 Å². The topological polar surface area (TPSA) is 73.6 Å². The predicted octanol–water partition coefficient (Wildman–Crippen LogP) is 2.35. The SMILES string of the molecule is N#Cc1cc(S(=O)(=O)N2CCC3(CCC(N4CC5(COC5)C4)C3)CC2)ccc1F. The van der Waals surface area contributed by atoms with E-state index in [1.807, 2.05) is 0 Å².